The fourth-order valence-corrected chi connectivity index (χ4v) is 7.44. The van der Waals surface area contributed by atoms with Gasteiger partial charge in [-0.1, -0.05) is 184 Å². The van der Waals surface area contributed by atoms with Crippen LogP contribution >= 0.6 is 7.82 Å². The van der Waals surface area contributed by atoms with Gasteiger partial charge in [0.05, 0.1) is 34.4 Å². The molecule has 61 heavy (non-hydrogen) atoms. The molecule has 0 saturated heterocycles. The van der Waals surface area contributed by atoms with Gasteiger partial charge in [-0.15, -0.1) is 0 Å². The van der Waals surface area contributed by atoms with Crippen LogP contribution in [0.4, 0.5) is 0 Å². The van der Waals surface area contributed by atoms with Gasteiger partial charge >= 0.3 is 5.97 Å². The van der Waals surface area contributed by atoms with E-state index in [9.17, 15) is 14.3 Å². The molecular weight excluding hydrogens is 782 g/mol. The summed E-state index contributed by atoms with van der Waals surface area (Å²) in [6, 6.07) is 0. The highest BCUT2D eigenvalue weighted by Crippen LogP contribution is 2.38. The maximum atomic E-state index is 12.7. The predicted molar refractivity (Wildman–Crippen MR) is 259 cm³/mol. The highest BCUT2D eigenvalue weighted by molar-refractivity contribution is 7.45. The lowest BCUT2D eigenvalue weighted by Gasteiger charge is -2.28. The first-order valence-electron chi connectivity index (χ1n) is 25.0. The molecule has 9 heteroatoms. The Morgan fingerprint density at radius 1 is 0.525 bits per heavy atom. The first-order valence-corrected chi connectivity index (χ1v) is 26.5. The Bertz CT molecular complexity index is 1160. The van der Waals surface area contributed by atoms with Crippen LogP contribution in [0.25, 0.3) is 0 Å². The molecule has 0 aliphatic carbocycles. The van der Waals surface area contributed by atoms with Gasteiger partial charge in [-0.05, 0) is 77.0 Å². The zero-order valence-electron chi connectivity index (χ0n) is 40.4. The third kappa shape index (κ3) is 49.1. The van der Waals surface area contributed by atoms with Crippen LogP contribution in [0.1, 0.15) is 206 Å². The third-order valence-electron chi connectivity index (χ3n) is 10.6. The van der Waals surface area contributed by atoms with Crippen molar-refractivity contribution in [2.24, 2.45) is 0 Å². The van der Waals surface area contributed by atoms with E-state index in [4.69, 9.17) is 18.5 Å². The molecule has 0 heterocycles. The van der Waals surface area contributed by atoms with E-state index in [-0.39, 0.29) is 32.2 Å². The van der Waals surface area contributed by atoms with Gasteiger partial charge in [-0.2, -0.15) is 0 Å². The van der Waals surface area contributed by atoms with Crippen LogP contribution < -0.4 is 4.89 Å². The number of phosphoric ester groups is 1. The number of likely N-dealkylation sites (N-methyl/N-ethyl adjacent to an activating group) is 1. The van der Waals surface area contributed by atoms with Crippen molar-refractivity contribution < 1.29 is 37.3 Å². The topological polar surface area (TPSA) is 94.1 Å². The first-order chi connectivity index (χ1) is 29.6. The Labute approximate surface area is 377 Å². The number of carbonyl (C=O) groups is 1. The number of allylic oxidation sites excluding steroid dienone is 10. The normalized spacial score (nSPS) is 14.1. The van der Waals surface area contributed by atoms with Gasteiger partial charge in [0.25, 0.3) is 7.82 Å². The molecule has 0 radical (unpaired) electrons. The van der Waals surface area contributed by atoms with Crippen molar-refractivity contribution in [3.63, 3.8) is 0 Å². The largest absolute Gasteiger partial charge is 0.756 e. The van der Waals surface area contributed by atoms with Crippen LogP contribution in [-0.4, -0.2) is 70.7 Å². The molecule has 0 aromatic rings. The minimum absolute atomic E-state index is 0.0184. The molecule has 0 amide bonds. The monoisotopic (exact) mass is 878 g/mol. The second-order valence-corrected chi connectivity index (χ2v) is 19.2. The molecular formula is C52H96NO7P. The van der Waals surface area contributed by atoms with Crippen molar-refractivity contribution in [3.8, 4) is 0 Å². The van der Waals surface area contributed by atoms with Crippen LogP contribution in [0.2, 0.25) is 0 Å². The van der Waals surface area contributed by atoms with Gasteiger partial charge in [-0.25, -0.2) is 0 Å². The van der Waals surface area contributed by atoms with Crippen molar-refractivity contribution in [2.75, 3.05) is 54.1 Å². The van der Waals surface area contributed by atoms with Crippen molar-refractivity contribution >= 4 is 13.8 Å². The highest BCUT2D eigenvalue weighted by Gasteiger charge is 2.20. The van der Waals surface area contributed by atoms with Crippen molar-refractivity contribution in [1.29, 1.82) is 0 Å². The molecule has 0 aliphatic heterocycles. The summed E-state index contributed by atoms with van der Waals surface area (Å²) in [4.78, 5) is 25.1. The molecule has 0 rings (SSSR count). The second-order valence-electron chi connectivity index (χ2n) is 17.8. The number of nitrogens with zero attached hydrogens (tertiary/aromatic N) is 1. The summed E-state index contributed by atoms with van der Waals surface area (Å²) in [6.07, 6.45) is 56.9. The quantitative estimate of drug-likeness (QED) is 0.0198. The molecule has 2 unspecified atom stereocenters. The van der Waals surface area contributed by atoms with Crippen molar-refractivity contribution in [1.82, 2.24) is 0 Å². The van der Waals surface area contributed by atoms with Gasteiger partial charge in [0.1, 0.15) is 19.3 Å². The van der Waals surface area contributed by atoms with E-state index in [2.05, 4.69) is 74.6 Å². The number of rotatable bonds is 46. The highest BCUT2D eigenvalue weighted by atomic mass is 31.2. The van der Waals surface area contributed by atoms with E-state index >= 15 is 0 Å². The Balaban J connectivity index is 4.08. The van der Waals surface area contributed by atoms with E-state index < -0.39 is 13.9 Å². The number of esters is 1. The van der Waals surface area contributed by atoms with E-state index in [1.165, 1.54) is 122 Å². The maximum absolute atomic E-state index is 12.7. The lowest BCUT2D eigenvalue weighted by atomic mass is 10.0. The second kappa shape index (κ2) is 44.8. The van der Waals surface area contributed by atoms with Crippen LogP contribution in [0, 0.1) is 0 Å². The fraction of sp³-hybridized carbons (Fsp3) is 0.788. The fourth-order valence-electron chi connectivity index (χ4n) is 6.71. The van der Waals surface area contributed by atoms with Crippen LogP contribution in [0.5, 0.6) is 0 Å². The SMILES string of the molecule is CC/C=C\C/C=C\C/C=C\CCCCCC(=O)OC(COCCCCCCCCCCCCCCCC/C=C\C/C=C\CCCCCCC)COP(=O)([O-])OCC[N+](C)(C)C. The molecule has 0 N–H and O–H groups in total. The van der Waals surface area contributed by atoms with E-state index in [0.29, 0.717) is 17.6 Å². The summed E-state index contributed by atoms with van der Waals surface area (Å²) >= 11 is 0. The van der Waals surface area contributed by atoms with E-state index in [1.807, 2.05) is 21.1 Å². The zero-order chi connectivity index (χ0) is 44.8. The number of unbranched alkanes of at least 4 members (excludes halogenated alkanes) is 22. The average Bonchev–Trinajstić information content (AvgIpc) is 3.22. The van der Waals surface area contributed by atoms with Gasteiger partial charge in [0.15, 0.2) is 0 Å². The van der Waals surface area contributed by atoms with Gasteiger partial charge in [0.2, 0.25) is 0 Å². The lowest BCUT2D eigenvalue weighted by molar-refractivity contribution is -0.870. The van der Waals surface area contributed by atoms with Crippen LogP contribution in [-0.2, 0) is 27.9 Å². The summed E-state index contributed by atoms with van der Waals surface area (Å²) < 4.78 is 34.6. The molecule has 0 fully saturated rings. The predicted octanol–water partition coefficient (Wildman–Crippen LogP) is 14.6. The van der Waals surface area contributed by atoms with Crippen LogP contribution in [0.15, 0.2) is 60.8 Å². The summed E-state index contributed by atoms with van der Waals surface area (Å²) in [5.74, 6) is -0.363. The number of hydrogen-bond donors (Lipinski definition) is 0. The third-order valence-corrected chi connectivity index (χ3v) is 11.5. The van der Waals surface area contributed by atoms with E-state index in [0.717, 1.165) is 64.2 Å². The number of hydrogen-bond acceptors (Lipinski definition) is 7. The molecule has 0 aromatic heterocycles. The van der Waals surface area contributed by atoms with Crippen molar-refractivity contribution in [3.05, 3.63) is 60.8 Å². The summed E-state index contributed by atoms with van der Waals surface area (Å²) in [7, 11) is 1.33. The minimum atomic E-state index is -4.54. The molecule has 356 valence electrons. The van der Waals surface area contributed by atoms with Crippen molar-refractivity contribution in [2.45, 2.75) is 213 Å². The zero-order valence-corrected chi connectivity index (χ0v) is 41.2. The lowest BCUT2D eigenvalue weighted by Crippen LogP contribution is -2.37. The summed E-state index contributed by atoms with van der Waals surface area (Å²) in [5.41, 5.74) is 0. The number of quaternary nitrogens is 1. The smallest absolute Gasteiger partial charge is 0.306 e. The molecule has 0 bridgehead atoms. The first kappa shape index (κ1) is 59.2. The average molecular weight is 878 g/mol. The number of phosphoric acid groups is 1. The van der Waals surface area contributed by atoms with Gasteiger partial charge in [-0.3, -0.25) is 9.36 Å². The maximum Gasteiger partial charge on any atom is 0.306 e. The molecule has 8 nitrogen and oxygen atoms in total. The standard InChI is InChI=1S/C52H96NO7P/c1-6-8-10-12-14-16-18-20-21-22-23-24-25-26-27-28-29-30-31-32-34-36-38-40-42-44-47-57-49-51(50-59-61(55,56)58-48-46-53(3,4)5)60-52(54)45-43-41-39-37-35-33-19-17-15-13-11-9-7-2/h9,11,15,17-18,20,22-23,33,35,51H,6-8,10,12-14,16,19,21,24-32,34,36-50H2,1-5H3/b11-9-,17-15-,20-18-,23-22-,35-33-. The molecule has 0 aliphatic rings. The summed E-state index contributed by atoms with van der Waals surface area (Å²) in [5, 5.41) is 0. The Kier molecular flexibility index (Phi) is 43.5. The summed E-state index contributed by atoms with van der Waals surface area (Å²) in [6.45, 7) is 5.25. The van der Waals surface area contributed by atoms with E-state index in [1.54, 1.807) is 0 Å². The Morgan fingerprint density at radius 3 is 1.43 bits per heavy atom. The Morgan fingerprint density at radius 2 is 0.951 bits per heavy atom. The van der Waals surface area contributed by atoms with Gasteiger partial charge < -0.3 is 27.9 Å². The number of ether oxygens (including phenoxy) is 2. The van der Waals surface area contributed by atoms with Gasteiger partial charge in [0, 0.05) is 13.0 Å². The molecule has 0 saturated carbocycles. The Hall–Kier alpha value is -1.80. The molecule has 0 aromatic carbocycles. The molecule has 2 atom stereocenters. The molecule has 0 spiro atoms. The van der Waals surface area contributed by atoms with Crippen LogP contribution in [0.3, 0.4) is 0 Å². The number of carbonyl (C=O) groups excluding carboxylic acids is 1. The minimum Gasteiger partial charge on any atom is -0.756 e.